The van der Waals surface area contributed by atoms with Crippen molar-refractivity contribution in [1.82, 2.24) is 5.32 Å². The molecular formula is C16H22ClNO. The van der Waals surface area contributed by atoms with Crippen molar-refractivity contribution >= 4 is 17.5 Å². The van der Waals surface area contributed by atoms with Crippen LogP contribution in [-0.2, 0) is 4.79 Å². The molecule has 104 valence electrons. The molecular weight excluding hydrogens is 258 g/mol. The summed E-state index contributed by atoms with van der Waals surface area (Å²) in [6.45, 7) is 2.72. The average Bonchev–Trinajstić information content (AvgIpc) is 2.45. The minimum atomic E-state index is -0.0865. The molecule has 1 aliphatic carbocycles. The van der Waals surface area contributed by atoms with E-state index >= 15 is 0 Å². The molecule has 3 heteroatoms. The van der Waals surface area contributed by atoms with Crippen molar-refractivity contribution in [2.75, 3.05) is 6.54 Å². The molecule has 0 spiro atoms. The maximum Gasteiger partial charge on any atom is 0.227 e. The van der Waals surface area contributed by atoms with Gasteiger partial charge in [-0.25, -0.2) is 0 Å². The van der Waals surface area contributed by atoms with Gasteiger partial charge in [0.25, 0.3) is 0 Å². The second-order valence-electron chi connectivity index (χ2n) is 5.51. The van der Waals surface area contributed by atoms with Crippen LogP contribution >= 0.6 is 11.6 Å². The van der Waals surface area contributed by atoms with E-state index in [0.717, 1.165) is 24.9 Å². The maximum atomic E-state index is 12.1. The van der Waals surface area contributed by atoms with Crippen molar-refractivity contribution in [3.8, 4) is 0 Å². The van der Waals surface area contributed by atoms with Crippen LogP contribution in [0, 0.1) is 5.92 Å². The second-order valence-corrected chi connectivity index (χ2v) is 6.12. The maximum absolute atomic E-state index is 12.1. The molecule has 0 bridgehead atoms. The number of benzene rings is 1. The van der Waals surface area contributed by atoms with E-state index in [1.165, 1.54) is 12.8 Å². The molecule has 1 aliphatic rings. The van der Waals surface area contributed by atoms with Crippen LogP contribution < -0.4 is 5.32 Å². The van der Waals surface area contributed by atoms with Crippen LogP contribution in [0.15, 0.2) is 30.3 Å². The van der Waals surface area contributed by atoms with E-state index in [-0.39, 0.29) is 11.8 Å². The van der Waals surface area contributed by atoms with Gasteiger partial charge in [0, 0.05) is 11.9 Å². The Balaban J connectivity index is 1.81. The predicted molar refractivity (Wildman–Crippen MR) is 79.5 cm³/mol. The molecule has 1 N–H and O–H groups in total. The van der Waals surface area contributed by atoms with Gasteiger partial charge >= 0.3 is 0 Å². The van der Waals surface area contributed by atoms with Crippen molar-refractivity contribution in [3.63, 3.8) is 0 Å². The zero-order valence-electron chi connectivity index (χ0n) is 11.4. The Kier molecular flexibility index (Phi) is 5.26. The number of halogens is 1. The van der Waals surface area contributed by atoms with Gasteiger partial charge in [-0.2, -0.15) is 0 Å². The van der Waals surface area contributed by atoms with Crippen molar-refractivity contribution in [3.05, 3.63) is 35.9 Å². The number of nitrogens with one attached hydrogen (secondary N) is 1. The molecule has 1 saturated carbocycles. The van der Waals surface area contributed by atoms with Gasteiger partial charge in [-0.15, -0.1) is 11.6 Å². The molecule has 0 aliphatic heterocycles. The average molecular weight is 280 g/mol. The van der Waals surface area contributed by atoms with Crippen LogP contribution in [0.3, 0.4) is 0 Å². The minimum absolute atomic E-state index is 0.0865. The lowest BCUT2D eigenvalue weighted by atomic mass is 9.88. The topological polar surface area (TPSA) is 29.1 Å². The molecule has 1 aromatic carbocycles. The highest BCUT2D eigenvalue weighted by molar-refractivity contribution is 6.20. The fraction of sp³-hybridized carbons (Fsp3) is 0.562. The number of carbonyl (C=O) groups is 1. The fourth-order valence-electron chi connectivity index (χ4n) is 2.70. The van der Waals surface area contributed by atoms with Crippen LogP contribution in [0.2, 0.25) is 0 Å². The third-order valence-electron chi connectivity index (χ3n) is 3.98. The molecule has 1 amide bonds. The SMILES string of the molecule is CC(C(=O)NCC1CCCC(Cl)C1)c1ccccc1. The van der Waals surface area contributed by atoms with E-state index in [1.807, 2.05) is 37.3 Å². The van der Waals surface area contributed by atoms with Crippen LogP contribution in [0.1, 0.15) is 44.1 Å². The summed E-state index contributed by atoms with van der Waals surface area (Å²) >= 11 is 6.17. The summed E-state index contributed by atoms with van der Waals surface area (Å²) in [5.74, 6) is 0.572. The van der Waals surface area contributed by atoms with Crippen LogP contribution in [-0.4, -0.2) is 17.8 Å². The molecule has 3 atom stereocenters. The Morgan fingerprint density at radius 2 is 2.11 bits per heavy atom. The van der Waals surface area contributed by atoms with Crippen molar-refractivity contribution in [2.45, 2.75) is 43.9 Å². The summed E-state index contributed by atoms with van der Waals surface area (Å²) in [6.07, 6.45) is 4.51. The molecule has 19 heavy (non-hydrogen) atoms. The van der Waals surface area contributed by atoms with E-state index in [9.17, 15) is 4.79 Å². The standard InChI is InChI=1S/C16H22ClNO/c1-12(14-7-3-2-4-8-14)16(19)18-11-13-6-5-9-15(17)10-13/h2-4,7-8,12-13,15H,5-6,9-11H2,1H3,(H,18,19). The van der Waals surface area contributed by atoms with Gasteiger partial charge in [-0.3, -0.25) is 4.79 Å². The molecule has 0 radical (unpaired) electrons. The lowest BCUT2D eigenvalue weighted by molar-refractivity contribution is -0.122. The van der Waals surface area contributed by atoms with Crippen molar-refractivity contribution in [1.29, 1.82) is 0 Å². The van der Waals surface area contributed by atoms with E-state index in [1.54, 1.807) is 0 Å². The summed E-state index contributed by atoms with van der Waals surface area (Å²) in [5, 5.41) is 3.37. The highest BCUT2D eigenvalue weighted by Crippen LogP contribution is 2.27. The van der Waals surface area contributed by atoms with Gasteiger partial charge < -0.3 is 5.32 Å². The molecule has 0 heterocycles. The summed E-state index contributed by atoms with van der Waals surface area (Å²) in [5.41, 5.74) is 1.07. The molecule has 0 aromatic heterocycles. The normalized spacial score (nSPS) is 24.7. The second kappa shape index (κ2) is 6.95. The van der Waals surface area contributed by atoms with Gasteiger partial charge in [-0.05, 0) is 37.7 Å². The highest BCUT2D eigenvalue weighted by atomic mass is 35.5. The first-order valence-electron chi connectivity index (χ1n) is 7.13. The van der Waals surface area contributed by atoms with Crippen molar-refractivity contribution in [2.24, 2.45) is 5.92 Å². The fourth-order valence-corrected chi connectivity index (χ4v) is 3.11. The zero-order valence-corrected chi connectivity index (χ0v) is 12.2. The van der Waals surface area contributed by atoms with Gasteiger partial charge in [-0.1, -0.05) is 36.8 Å². The highest BCUT2D eigenvalue weighted by Gasteiger charge is 2.22. The first-order chi connectivity index (χ1) is 9.16. The summed E-state index contributed by atoms with van der Waals surface area (Å²) in [7, 11) is 0. The summed E-state index contributed by atoms with van der Waals surface area (Å²) in [4.78, 5) is 12.1. The number of hydrogen-bond acceptors (Lipinski definition) is 1. The Labute approximate surface area is 120 Å². The Morgan fingerprint density at radius 3 is 2.79 bits per heavy atom. The zero-order chi connectivity index (χ0) is 13.7. The predicted octanol–water partition coefficient (Wildman–Crippen LogP) is 3.70. The lowest BCUT2D eigenvalue weighted by Gasteiger charge is -2.26. The molecule has 3 unspecified atom stereocenters. The van der Waals surface area contributed by atoms with Crippen molar-refractivity contribution < 1.29 is 4.79 Å². The number of hydrogen-bond donors (Lipinski definition) is 1. The van der Waals surface area contributed by atoms with E-state index in [2.05, 4.69) is 5.32 Å². The Morgan fingerprint density at radius 1 is 1.37 bits per heavy atom. The van der Waals surface area contributed by atoms with Gasteiger partial charge in [0.2, 0.25) is 5.91 Å². The van der Waals surface area contributed by atoms with Gasteiger partial charge in [0.05, 0.1) is 5.92 Å². The summed E-state index contributed by atoms with van der Waals surface area (Å²) < 4.78 is 0. The largest absolute Gasteiger partial charge is 0.355 e. The van der Waals surface area contributed by atoms with Crippen LogP contribution in [0.25, 0.3) is 0 Å². The van der Waals surface area contributed by atoms with Gasteiger partial charge in [0.15, 0.2) is 0 Å². The molecule has 1 aromatic rings. The van der Waals surface area contributed by atoms with Gasteiger partial charge in [0.1, 0.15) is 0 Å². The summed E-state index contributed by atoms with van der Waals surface area (Å²) in [6, 6.07) is 9.91. The third kappa shape index (κ3) is 4.24. The molecule has 2 nitrogen and oxygen atoms in total. The van der Waals surface area contributed by atoms with E-state index in [0.29, 0.717) is 11.3 Å². The molecule has 2 rings (SSSR count). The number of carbonyl (C=O) groups excluding carboxylic acids is 1. The van der Waals surface area contributed by atoms with Crippen LogP contribution in [0.4, 0.5) is 0 Å². The third-order valence-corrected chi connectivity index (χ3v) is 4.37. The molecule has 1 fully saturated rings. The first kappa shape index (κ1) is 14.4. The Hall–Kier alpha value is -1.02. The smallest absolute Gasteiger partial charge is 0.227 e. The lowest BCUT2D eigenvalue weighted by Crippen LogP contribution is -2.34. The molecule has 0 saturated heterocycles. The van der Waals surface area contributed by atoms with E-state index < -0.39 is 0 Å². The first-order valence-corrected chi connectivity index (χ1v) is 7.57. The number of alkyl halides is 1. The minimum Gasteiger partial charge on any atom is -0.355 e. The number of rotatable bonds is 4. The monoisotopic (exact) mass is 279 g/mol. The Bertz CT molecular complexity index is 406. The quantitative estimate of drug-likeness (QED) is 0.837. The van der Waals surface area contributed by atoms with E-state index in [4.69, 9.17) is 11.6 Å². The van der Waals surface area contributed by atoms with Crippen LogP contribution in [0.5, 0.6) is 0 Å². The number of amides is 1.